The fourth-order valence-electron chi connectivity index (χ4n) is 0.606. The van der Waals surface area contributed by atoms with E-state index in [0.717, 1.165) is 0 Å². The van der Waals surface area contributed by atoms with Crippen molar-refractivity contribution in [1.29, 1.82) is 0 Å². The van der Waals surface area contributed by atoms with Gasteiger partial charge in [-0.05, 0) is 12.1 Å². The zero-order valence-electron chi connectivity index (χ0n) is 5.10. The third kappa shape index (κ3) is 2.35. The predicted molar refractivity (Wildman–Crippen MR) is 34.5 cm³/mol. The Hall–Kier alpha value is -0.570. The standard InChI is InChI=1S/C5H7O4P/c6-10(7,8)4-5-2-1-3-9-5/h1-3H,4H2,(H2,6,7,8). The maximum Gasteiger partial charge on any atom is 0.333 e. The van der Waals surface area contributed by atoms with Crippen LogP contribution in [0.15, 0.2) is 22.8 Å². The molecular formula is C5H7O4P. The molecule has 0 spiro atoms. The van der Waals surface area contributed by atoms with Gasteiger partial charge in [-0.25, -0.2) is 0 Å². The highest BCUT2D eigenvalue weighted by Crippen LogP contribution is 2.38. The number of hydrogen-bond donors (Lipinski definition) is 2. The molecule has 2 N–H and O–H groups in total. The van der Waals surface area contributed by atoms with Crippen LogP contribution in [0.5, 0.6) is 0 Å². The van der Waals surface area contributed by atoms with Crippen molar-refractivity contribution in [1.82, 2.24) is 0 Å². The minimum atomic E-state index is -3.95. The smallest absolute Gasteiger partial charge is 0.333 e. The molecule has 1 aromatic rings. The van der Waals surface area contributed by atoms with Gasteiger partial charge in [0.2, 0.25) is 0 Å². The average molecular weight is 162 g/mol. The van der Waals surface area contributed by atoms with Gasteiger partial charge in [0.1, 0.15) is 11.9 Å². The van der Waals surface area contributed by atoms with Crippen molar-refractivity contribution in [3.05, 3.63) is 24.2 Å². The van der Waals surface area contributed by atoms with Crippen molar-refractivity contribution in [2.45, 2.75) is 6.16 Å². The summed E-state index contributed by atoms with van der Waals surface area (Å²) >= 11 is 0. The maximum absolute atomic E-state index is 10.3. The second kappa shape index (κ2) is 2.58. The first kappa shape index (κ1) is 7.54. The Kier molecular flexibility index (Phi) is 1.94. The van der Waals surface area contributed by atoms with Gasteiger partial charge in [0.25, 0.3) is 0 Å². The summed E-state index contributed by atoms with van der Waals surface area (Å²) in [5.74, 6) is 0.313. The van der Waals surface area contributed by atoms with Crippen molar-refractivity contribution < 1.29 is 18.8 Å². The molecule has 0 aliphatic carbocycles. The predicted octanol–water partition coefficient (Wildman–Crippen LogP) is 0.957. The lowest BCUT2D eigenvalue weighted by atomic mass is 10.5. The Morgan fingerprint density at radius 2 is 2.30 bits per heavy atom. The molecule has 0 unspecified atom stereocenters. The van der Waals surface area contributed by atoms with Gasteiger partial charge in [-0.3, -0.25) is 4.57 Å². The molecule has 1 aromatic heterocycles. The Bertz CT molecular complexity index is 234. The summed E-state index contributed by atoms with van der Waals surface area (Å²) in [7, 11) is -3.95. The average Bonchev–Trinajstić information content (AvgIpc) is 2.12. The van der Waals surface area contributed by atoms with Crippen LogP contribution in [0.1, 0.15) is 5.76 Å². The van der Waals surface area contributed by atoms with Gasteiger partial charge in [-0.1, -0.05) is 0 Å². The van der Waals surface area contributed by atoms with Crippen LogP contribution >= 0.6 is 7.60 Å². The number of furan rings is 1. The molecule has 0 aromatic carbocycles. The largest absolute Gasteiger partial charge is 0.469 e. The maximum atomic E-state index is 10.3. The van der Waals surface area contributed by atoms with Gasteiger partial charge >= 0.3 is 7.60 Å². The Labute approximate surface area is 57.6 Å². The molecule has 0 amide bonds. The monoisotopic (exact) mass is 162 g/mol. The minimum Gasteiger partial charge on any atom is -0.469 e. The van der Waals surface area contributed by atoms with Crippen LogP contribution in [-0.2, 0) is 10.7 Å². The highest BCUT2D eigenvalue weighted by Gasteiger charge is 2.15. The van der Waals surface area contributed by atoms with Gasteiger partial charge in [0, 0.05) is 0 Å². The lowest BCUT2D eigenvalue weighted by molar-refractivity contribution is 0.365. The SMILES string of the molecule is O=P(O)(O)Cc1ccco1. The first-order valence-electron chi connectivity index (χ1n) is 2.65. The van der Waals surface area contributed by atoms with E-state index in [9.17, 15) is 4.57 Å². The van der Waals surface area contributed by atoms with E-state index in [2.05, 4.69) is 0 Å². The van der Waals surface area contributed by atoms with E-state index in [1.165, 1.54) is 12.3 Å². The normalized spacial score (nSPS) is 11.8. The first-order chi connectivity index (χ1) is 4.58. The molecular weight excluding hydrogens is 155 g/mol. The lowest BCUT2D eigenvalue weighted by Gasteiger charge is -1.98. The summed E-state index contributed by atoms with van der Waals surface area (Å²) in [6.45, 7) is 0. The van der Waals surface area contributed by atoms with Crippen molar-refractivity contribution in [2.75, 3.05) is 0 Å². The highest BCUT2D eigenvalue weighted by molar-refractivity contribution is 7.50. The van der Waals surface area contributed by atoms with Crippen LogP contribution in [0.2, 0.25) is 0 Å². The van der Waals surface area contributed by atoms with Crippen LogP contribution in [0.3, 0.4) is 0 Å². The highest BCUT2D eigenvalue weighted by atomic mass is 31.2. The van der Waals surface area contributed by atoms with Gasteiger partial charge in [0.05, 0.1) is 6.26 Å². The molecule has 0 fully saturated rings. The Balaban J connectivity index is 2.66. The van der Waals surface area contributed by atoms with Crippen molar-refractivity contribution in [2.24, 2.45) is 0 Å². The second-order valence-corrected chi connectivity index (χ2v) is 3.55. The van der Waals surface area contributed by atoms with E-state index >= 15 is 0 Å². The first-order valence-corrected chi connectivity index (χ1v) is 4.45. The molecule has 0 bridgehead atoms. The van der Waals surface area contributed by atoms with Crippen molar-refractivity contribution in [3.63, 3.8) is 0 Å². The van der Waals surface area contributed by atoms with E-state index in [1.807, 2.05) is 0 Å². The molecule has 0 saturated carbocycles. The van der Waals surface area contributed by atoms with Crippen LogP contribution < -0.4 is 0 Å². The van der Waals surface area contributed by atoms with E-state index in [0.29, 0.717) is 5.76 Å². The molecule has 10 heavy (non-hydrogen) atoms. The molecule has 0 atom stereocenters. The molecule has 0 radical (unpaired) electrons. The number of hydrogen-bond acceptors (Lipinski definition) is 2. The molecule has 1 heterocycles. The van der Waals surface area contributed by atoms with Crippen molar-refractivity contribution >= 4 is 7.60 Å². The molecule has 4 nitrogen and oxygen atoms in total. The third-order valence-electron chi connectivity index (χ3n) is 0.942. The van der Waals surface area contributed by atoms with Crippen LogP contribution in [0.25, 0.3) is 0 Å². The molecule has 5 heteroatoms. The zero-order chi connectivity index (χ0) is 7.61. The summed E-state index contributed by atoms with van der Waals surface area (Å²) < 4.78 is 15.1. The molecule has 0 saturated heterocycles. The summed E-state index contributed by atoms with van der Waals surface area (Å²) in [5.41, 5.74) is 0. The summed E-state index contributed by atoms with van der Waals surface area (Å²) in [6.07, 6.45) is 1.06. The van der Waals surface area contributed by atoms with Gasteiger partial charge in [-0.15, -0.1) is 0 Å². The van der Waals surface area contributed by atoms with Gasteiger partial charge in [-0.2, -0.15) is 0 Å². The van der Waals surface area contributed by atoms with E-state index < -0.39 is 7.60 Å². The molecule has 0 aliphatic rings. The van der Waals surface area contributed by atoms with E-state index in [1.54, 1.807) is 6.07 Å². The topological polar surface area (TPSA) is 70.7 Å². The quantitative estimate of drug-likeness (QED) is 0.635. The lowest BCUT2D eigenvalue weighted by Crippen LogP contribution is -1.82. The second-order valence-electron chi connectivity index (χ2n) is 1.90. The van der Waals surface area contributed by atoms with Crippen LogP contribution in [-0.4, -0.2) is 9.79 Å². The number of rotatable bonds is 2. The summed E-state index contributed by atoms with van der Waals surface area (Å²) in [6, 6.07) is 3.12. The van der Waals surface area contributed by atoms with Gasteiger partial charge in [0.15, 0.2) is 0 Å². The molecule has 0 aliphatic heterocycles. The zero-order valence-corrected chi connectivity index (χ0v) is 5.99. The van der Waals surface area contributed by atoms with Crippen LogP contribution in [0.4, 0.5) is 0 Å². The Morgan fingerprint density at radius 1 is 1.60 bits per heavy atom. The van der Waals surface area contributed by atoms with E-state index in [-0.39, 0.29) is 6.16 Å². The Morgan fingerprint density at radius 3 is 2.70 bits per heavy atom. The fraction of sp³-hybridized carbons (Fsp3) is 0.200. The summed E-state index contributed by atoms with van der Waals surface area (Å²) in [4.78, 5) is 16.9. The molecule has 1 rings (SSSR count). The molecule has 56 valence electrons. The summed E-state index contributed by atoms with van der Waals surface area (Å²) in [5, 5.41) is 0. The van der Waals surface area contributed by atoms with Crippen molar-refractivity contribution in [3.8, 4) is 0 Å². The van der Waals surface area contributed by atoms with Gasteiger partial charge < -0.3 is 14.2 Å². The van der Waals surface area contributed by atoms with Crippen LogP contribution in [0, 0.1) is 0 Å². The van der Waals surface area contributed by atoms with E-state index in [4.69, 9.17) is 14.2 Å². The minimum absolute atomic E-state index is 0.313. The third-order valence-corrected chi connectivity index (χ3v) is 1.67. The fourth-order valence-corrected chi connectivity index (χ4v) is 1.19.